The van der Waals surface area contributed by atoms with Crippen LogP contribution in [0.15, 0.2) is 54.2 Å². The van der Waals surface area contributed by atoms with Crippen molar-refractivity contribution in [1.82, 2.24) is 9.80 Å². The highest BCUT2D eigenvalue weighted by molar-refractivity contribution is 5.95. The monoisotopic (exact) mass is 561 g/mol. The van der Waals surface area contributed by atoms with Crippen molar-refractivity contribution in [2.75, 3.05) is 44.4 Å². The summed E-state index contributed by atoms with van der Waals surface area (Å²) in [5.41, 5.74) is 4.62. The van der Waals surface area contributed by atoms with Gasteiger partial charge in [-0.15, -0.1) is 0 Å². The Morgan fingerprint density at radius 2 is 1.83 bits per heavy atom. The van der Waals surface area contributed by atoms with Crippen LogP contribution in [0.1, 0.15) is 64.5 Å². The Kier molecular flexibility index (Phi) is 10.0. The van der Waals surface area contributed by atoms with Crippen molar-refractivity contribution in [2.45, 2.75) is 67.2 Å². The van der Waals surface area contributed by atoms with Gasteiger partial charge in [-0.3, -0.25) is 9.59 Å². The molecule has 7 heteroatoms. The number of benzene rings is 2. The molecule has 222 valence electrons. The molecule has 3 heterocycles. The molecule has 0 aromatic heterocycles. The van der Waals surface area contributed by atoms with E-state index in [0.29, 0.717) is 32.2 Å². The highest BCUT2D eigenvalue weighted by Gasteiger charge is 2.35. The number of likely N-dealkylation sites (tertiary alicyclic amines) is 2. The van der Waals surface area contributed by atoms with Crippen molar-refractivity contribution in [3.63, 3.8) is 0 Å². The maximum atomic E-state index is 13.4. The number of carbonyl (C=O) groups is 2. The standard InChI is InChI=1S/C26H39N3O2.C8H8O2/c1-6-7-12-29(23-10-8-9-20(2)14-23)25(31)18-28-17-21(3)15-22(28)11-13-27-19-26(4,5)16-24(27)30;1-6-2-3-7-8(4-6)10-5-9-7/h8-11,14,21H,6-7,12-13,15-19H2,1-5H3;2-4H,5H2,1H3/b22-11+;. The summed E-state index contributed by atoms with van der Waals surface area (Å²) in [6.45, 7) is 16.6. The fourth-order valence-corrected chi connectivity index (χ4v) is 5.75. The Morgan fingerprint density at radius 3 is 2.54 bits per heavy atom. The van der Waals surface area contributed by atoms with E-state index in [4.69, 9.17) is 9.47 Å². The van der Waals surface area contributed by atoms with Gasteiger partial charge in [0.25, 0.3) is 0 Å². The predicted molar refractivity (Wildman–Crippen MR) is 164 cm³/mol. The zero-order valence-corrected chi connectivity index (χ0v) is 25.7. The molecule has 0 aliphatic carbocycles. The van der Waals surface area contributed by atoms with Crippen LogP contribution < -0.4 is 14.4 Å². The number of fused-ring (bicyclic) bond motifs is 1. The smallest absolute Gasteiger partial charge is 0.246 e. The second-order valence-corrected chi connectivity index (χ2v) is 12.6. The number of anilines is 1. The Morgan fingerprint density at radius 1 is 1.07 bits per heavy atom. The summed E-state index contributed by atoms with van der Waals surface area (Å²) < 4.78 is 10.3. The summed E-state index contributed by atoms with van der Waals surface area (Å²) in [6.07, 6.45) is 5.82. The quantitative estimate of drug-likeness (QED) is 0.377. The van der Waals surface area contributed by atoms with Crippen molar-refractivity contribution < 1.29 is 19.1 Å². The van der Waals surface area contributed by atoms with E-state index in [1.54, 1.807) is 0 Å². The fraction of sp³-hybridized carbons (Fsp3) is 0.529. The van der Waals surface area contributed by atoms with Gasteiger partial charge in [0.15, 0.2) is 11.5 Å². The lowest BCUT2D eigenvalue weighted by Gasteiger charge is -2.28. The number of ether oxygens (including phenoxy) is 2. The first-order chi connectivity index (χ1) is 19.5. The van der Waals surface area contributed by atoms with E-state index in [0.717, 1.165) is 56.1 Å². The molecule has 2 aromatic carbocycles. The van der Waals surface area contributed by atoms with Gasteiger partial charge < -0.3 is 24.2 Å². The van der Waals surface area contributed by atoms with Gasteiger partial charge >= 0.3 is 0 Å². The molecule has 3 aliphatic heterocycles. The Labute approximate surface area is 246 Å². The van der Waals surface area contributed by atoms with Crippen LogP contribution in [0.4, 0.5) is 5.69 Å². The third-order valence-electron chi connectivity index (χ3n) is 7.85. The molecule has 0 bridgehead atoms. The lowest BCUT2D eigenvalue weighted by molar-refractivity contribution is -0.127. The molecule has 2 aromatic rings. The number of rotatable bonds is 8. The molecule has 2 saturated heterocycles. The van der Waals surface area contributed by atoms with Crippen LogP contribution in [0.3, 0.4) is 0 Å². The zero-order chi connectivity index (χ0) is 29.6. The molecule has 1 unspecified atom stereocenters. The molecule has 2 amide bonds. The van der Waals surface area contributed by atoms with Crippen LogP contribution in [-0.4, -0.2) is 61.1 Å². The number of aryl methyl sites for hydroxylation is 2. The van der Waals surface area contributed by atoms with E-state index in [9.17, 15) is 9.59 Å². The number of amides is 2. The lowest BCUT2D eigenvalue weighted by Crippen LogP contribution is -2.40. The van der Waals surface area contributed by atoms with Crippen LogP contribution in [0.25, 0.3) is 0 Å². The molecule has 0 spiro atoms. The molecule has 0 radical (unpaired) electrons. The summed E-state index contributed by atoms with van der Waals surface area (Å²) in [5.74, 6) is 2.62. The van der Waals surface area contributed by atoms with Crippen LogP contribution in [0.5, 0.6) is 11.5 Å². The molecule has 0 N–H and O–H groups in total. The Bertz CT molecular complexity index is 1250. The van der Waals surface area contributed by atoms with Gasteiger partial charge in [0.2, 0.25) is 18.6 Å². The first kappa shape index (κ1) is 30.5. The van der Waals surface area contributed by atoms with Crippen LogP contribution in [-0.2, 0) is 9.59 Å². The number of hydrogen-bond donors (Lipinski definition) is 0. The van der Waals surface area contributed by atoms with E-state index >= 15 is 0 Å². The van der Waals surface area contributed by atoms with Crippen molar-refractivity contribution in [3.8, 4) is 11.5 Å². The summed E-state index contributed by atoms with van der Waals surface area (Å²) >= 11 is 0. The maximum absolute atomic E-state index is 13.4. The van der Waals surface area contributed by atoms with Gasteiger partial charge in [-0.25, -0.2) is 0 Å². The number of hydrogen-bond acceptors (Lipinski definition) is 5. The third-order valence-corrected chi connectivity index (χ3v) is 7.85. The van der Waals surface area contributed by atoms with E-state index in [2.05, 4.69) is 57.7 Å². The van der Waals surface area contributed by atoms with E-state index in [1.165, 1.54) is 16.8 Å². The lowest BCUT2D eigenvalue weighted by atomic mass is 9.93. The van der Waals surface area contributed by atoms with Gasteiger partial charge in [-0.05, 0) is 79.5 Å². The van der Waals surface area contributed by atoms with Crippen molar-refractivity contribution in [2.24, 2.45) is 11.3 Å². The normalized spacial score (nSPS) is 19.9. The number of allylic oxidation sites excluding steroid dienone is 1. The molecule has 0 saturated carbocycles. The van der Waals surface area contributed by atoms with Crippen molar-refractivity contribution in [3.05, 3.63) is 65.4 Å². The first-order valence-electron chi connectivity index (χ1n) is 15.0. The zero-order valence-electron chi connectivity index (χ0n) is 25.7. The molecule has 1 atom stereocenters. The summed E-state index contributed by atoms with van der Waals surface area (Å²) in [6, 6.07) is 14.1. The number of unbranched alkanes of at least 4 members (excludes halogenated alkanes) is 1. The number of carbonyl (C=O) groups excluding carboxylic acids is 2. The Balaban J connectivity index is 0.000000322. The SMILES string of the molecule is CCCCN(C(=O)CN1CC(C)C/C1=C\CN1CC(C)(C)CC1=O)c1cccc(C)c1.Cc1ccc2c(c1)OCO2. The maximum Gasteiger partial charge on any atom is 0.246 e. The summed E-state index contributed by atoms with van der Waals surface area (Å²) in [4.78, 5) is 31.8. The topological polar surface area (TPSA) is 62.3 Å². The first-order valence-corrected chi connectivity index (χ1v) is 15.0. The van der Waals surface area contributed by atoms with E-state index in [-0.39, 0.29) is 17.2 Å². The third kappa shape index (κ3) is 8.27. The molecule has 3 aliphatic rings. The van der Waals surface area contributed by atoms with E-state index in [1.807, 2.05) is 47.1 Å². The molecular formula is C34H47N3O4. The highest BCUT2D eigenvalue weighted by Crippen LogP contribution is 2.33. The molecule has 41 heavy (non-hydrogen) atoms. The second-order valence-electron chi connectivity index (χ2n) is 12.6. The van der Waals surface area contributed by atoms with Gasteiger partial charge in [0.1, 0.15) is 0 Å². The molecular weight excluding hydrogens is 514 g/mol. The molecule has 7 nitrogen and oxygen atoms in total. The average molecular weight is 562 g/mol. The minimum absolute atomic E-state index is 0.0573. The summed E-state index contributed by atoms with van der Waals surface area (Å²) in [5, 5.41) is 0. The highest BCUT2D eigenvalue weighted by atomic mass is 16.7. The van der Waals surface area contributed by atoms with Crippen LogP contribution >= 0.6 is 0 Å². The van der Waals surface area contributed by atoms with Crippen molar-refractivity contribution >= 4 is 17.5 Å². The molecule has 2 fully saturated rings. The number of nitrogens with zero attached hydrogens (tertiary/aromatic N) is 3. The van der Waals surface area contributed by atoms with Crippen molar-refractivity contribution in [1.29, 1.82) is 0 Å². The van der Waals surface area contributed by atoms with Crippen LogP contribution in [0, 0.1) is 25.2 Å². The summed E-state index contributed by atoms with van der Waals surface area (Å²) in [7, 11) is 0. The largest absolute Gasteiger partial charge is 0.454 e. The van der Waals surface area contributed by atoms with Gasteiger partial charge in [0.05, 0.1) is 6.54 Å². The van der Waals surface area contributed by atoms with Gasteiger partial charge in [-0.1, -0.05) is 52.3 Å². The Hall–Kier alpha value is -3.48. The van der Waals surface area contributed by atoms with Gasteiger partial charge in [-0.2, -0.15) is 0 Å². The van der Waals surface area contributed by atoms with Crippen LogP contribution in [0.2, 0.25) is 0 Å². The van der Waals surface area contributed by atoms with E-state index < -0.39 is 0 Å². The van der Waals surface area contributed by atoms with Gasteiger partial charge in [0, 0.05) is 44.0 Å². The second kappa shape index (κ2) is 13.5. The predicted octanol–water partition coefficient (Wildman–Crippen LogP) is 6.34. The minimum Gasteiger partial charge on any atom is -0.454 e. The average Bonchev–Trinajstić information content (AvgIpc) is 3.59. The molecule has 5 rings (SSSR count). The minimum atomic E-state index is 0.0573. The fourth-order valence-electron chi connectivity index (χ4n) is 5.75.